The third kappa shape index (κ3) is 2.53. The summed E-state index contributed by atoms with van der Waals surface area (Å²) in [5.74, 6) is 0.589. The Balaban J connectivity index is 2.26. The molecular formula is C12H18ClN3O. The van der Waals surface area contributed by atoms with Gasteiger partial charge >= 0.3 is 0 Å². The molecule has 1 aromatic heterocycles. The summed E-state index contributed by atoms with van der Waals surface area (Å²) in [6.45, 7) is 3.90. The van der Waals surface area contributed by atoms with Gasteiger partial charge in [0.25, 0.3) is 0 Å². The predicted molar refractivity (Wildman–Crippen MR) is 68.4 cm³/mol. The summed E-state index contributed by atoms with van der Waals surface area (Å²) in [6.07, 6.45) is 4.16. The second-order valence-electron chi connectivity index (χ2n) is 4.80. The van der Waals surface area contributed by atoms with Gasteiger partial charge in [0.05, 0.1) is 23.5 Å². The first-order chi connectivity index (χ1) is 8.06. The van der Waals surface area contributed by atoms with E-state index in [1.165, 1.54) is 0 Å². The van der Waals surface area contributed by atoms with Gasteiger partial charge in [-0.25, -0.2) is 9.97 Å². The molecule has 1 aromatic rings. The van der Waals surface area contributed by atoms with Crippen molar-refractivity contribution in [3.05, 3.63) is 16.5 Å². The molecule has 4 nitrogen and oxygen atoms in total. The molecule has 0 unspecified atom stereocenters. The van der Waals surface area contributed by atoms with E-state index in [1.807, 2.05) is 13.8 Å². The normalized spacial score (nSPS) is 18.4. The first-order valence-corrected chi connectivity index (χ1v) is 6.34. The lowest BCUT2D eigenvalue weighted by Gasteiger charge is -2.29. The van der Waals surface area contributed by atoms with Crippen molar-refractivity contribution in [2.24, 2.45) is 0 Å². The number of rotatable bonds is 3. The van der Waals surface area contributed by atoms with Crippen molar-refractivity contribution >= 4 is 17.4 Å². The summed E-state index contributed by atoms with van der Waals surface area (Å²) in [5, 5.41) is 13.2. The Bertz CT molecular complexity index is 416. The Morgan fingerprint density at radius 3 is 2.41 bits per heavy atom. The van der Waals surface area contributed by atoms with E-state index < -0.39 is 0 Å². The minimum absolute atomic E-state index is 0.109. The van der Waals surface area contributed by atoms with Crippen LogP contribution in [0, 0.1) is 13.8 Å². The Labute approximate surface area is 106 Å². The van der Waals surface area contributed by atoms with Crippen molar-refractivity contribution < 1.29 is 5.11 Å². The molecular weight excluding hydrogens is 238 g/mol. The second-order valence-corrected chi connectivity index (χ2v) is 5.16. The monoisotopic (exact) mass is 255 g/mol. The van der Waals surface area contributed by atoms with Gasteiger partial charge in [-0.15, -0.1) is 0 Å². The summed E-state index contributed by atoms with van der Waals surface area (Å²) in [7, 11) is 0. The van der Waals surface area contributed by atoms with Crippen LogP contribution in [0.25, 0.3) is 0 Å². The Kier molecular flexibility index (Phi) is 3.54. The lowest BCUT2D eigenvalue weighted by molar-refractivity contribution is 0.214. The summed E-state index contributed by atoms with van der Waals surface area (Å²) in [4.78, 5) is 8.65. The number of hydrogen-bond donors (Lipinski definition) is 2. The largest absolute Gasteiger partial charge is 0.394 e. The molecule has 1 heterocycles. The second kappa shape index (κ2) is 4.78. The SMILES string of the molecule is Cc1nc(Cl)c(NC2(CO)CCCC2)nc1C. The Morgan fingerprint density at radius 2 is 1.82 bits per heavy atom. The number of aromatic nitrogens is 2. The van der Waals surface area contributed by atoms with Crippen LogP contribution in [0.15, 0.2) is 0 Å². The van der Waals surface area contributed by atoms with E-state index in [9.17, 15) is 5.11 Å². The van der Waals surface area contributed by atoms with Crippen LogP contribution in [-0.4, -0.2) is 27.2 Å². The zero-order valence-electron chi connectivity index (χ0n) is 10.3. The van der Waals surface area contributed by atoms with Crippen molar-refractivity contribution in [1.29, 1.82) is 0 Å². The molecule has 0 spiro atoms. The number of aryl methyl sites for hydroxylation is 2. The van der Waals surface area contributed by atoms with E-state index in [1.54, 1.807) is 0 Å². The van der Waals surface area contributed by atoms with Gasteiger partial charge in [-0.3, -0.25) is 0 Å². The number of halogens is 1. The van der Waals surface area contributed by atoms with E-state index in [2.05, 4.69) is 15.3 Å². The van der Waals surface area contributed by atoms with E-state index in [0.29, 0.717) is 11.0 Å². The highest BCUT2D eigenvalue weighted by Gasteiger charge is 2.34. The van der Waals surface area contributed by atoms with E-state index in [0.717, 1.165) is 37.1 Å². The van der Waals surface area contributed by atoms with Crippen LogP contribution >= 0.6 is 11.6 Å². The number of aliphatic hydroxyl groups is 1. The average molecular weight is 256 g/mol. The fraction of sp³-hybridized carbons (Fsp3) is 0.667. The minimum Gasteiger partial charge on any atom is -0.394 e. The first-order valence-electron chi connectivity index (χ1n) is 5.96. The molecule has 0 radical (unpaired) electrons. The number of nitrogens with one attached hydrogen (secondary N) is 1. The molecule has 5 heteroatoms. The fourth-order valence-electron chi connectivity index (χ4n) is 2.28. The molecule has 0 aliphatic heterocycles. The predicted octanol–water partition coefficient (Wildman–Crippen LogP) is 2.46. The maximum atomic E-state index is 9.54. The molecule has 0 saturated heterocycles. The molecule has 1 aliphatic carbocycles. The Morgan fingerprint density at radius 1 is 1.24 bits per heavy atom. The van der Waals surface area contributed by atoms with Gasteiger partial charge in [-0.05, 0) is 26.7 Å². The molecule has 2 rings (SSSR count). The van der Waals surface area contributed by atoms with Crippen LogP contribution in [0.2, 0.25) is 5.15 Å². The zero-order valence-corrected chi connectivity index (χ0v) is 11.0. The van der Waals surface area contributed by atoms with E-state index in [4.69, 9.17) is 11.6 Å². The molecule has 94 valence electrons. The lowest BCUT2D eigenvalue weighted by Crippen LogP contribution is -2.39. The van der Waals surface area contributed by atoms with Crippen molar-refractivity contribution in [3.63, 3.8) is 0 Å². The van der Waals surface area contributed by atoms with E-state index >= 15 is 0 Å². The molecule has 0 amide bonds. The topological polar surface area (TPSA) is 58.0 Å². The van der Waals surface area contributed by atoms with Gasteiger partial charge in [-0.1, -0.05) is 24.4 Å². The number of aliphatic hydroxyl groups excluding tert-OH is 1. The van der Waals surface area contributed by atoms with Crippen LogP contribution in [0.5, 0.6) is 0 Å². The van der Waals surface area contributed by atoms with Gasteiger partial charge in [0.1, 0.15) is 0 Å². The third-order valence-electron chi connectivity index (χ3n) is 3.51. The van der Waals surface area contributed by atoms with Crippen LogP contribution in [0.4, 0.5) is 5.82 Å². The summed E-state index contributed by atoms with van der Waals surface area (Å²) in [6, 6.07) is 0. The number of anilines is 1. The molecule has 1 fully saturated rings. The minimum atomic E-state index is -0.264. The van der Waals surface area contributed by atoms with Crippen molar-refractivity contribution in [3.8, 4) is 0 Å². The lowest BCUT2D eigenvalue weighted by atomic mass is 9.99. The van der Waals surface area contributed by atoms with Gasteiger partial charge in [-0.2, -0.15) is 0 Å². The van der Waals surface area contributed by atoms with Crippen LogP contribution in [0.1, 0.15) is 37.1 Å². The van der Waals surface area contributed by atoms with Gasteiger partial charge < -0.3 is 10.4 Å². The number of nitrogens with zero attached hydrogens (tertiary/aromatic N) is 2. The van der Waals surface area contributed by atoms with Crippen LogP contribution in [-0.2, 0) is 0 Å². The zero-order chi connectivity index (χ0) is 12.5. The van der Waals surface area contributed by atoms with Gasteiger partial charge in [0, 0.05) is 0 Å². The fourth-order valence-corrected chi connectivity index (χ4v) is 2.50. The first kappa shape index (κ1) is 12.6. The van der Waals surface area contributed by atoms with Crippen molar-refractivity contribution in [2.45, 2.75) is 45.1 Å². The standard InChI is InChI=1S/C12H18ClN3O/c1-8-9(2)15-11(10(13)14-8)16-12(7-17)5-3-4-6-12/h17H,3-7H2,1-2H3,(H,15,16). The molecule has 0 aromatic carbocycles. The quantitative estimate of drug-likeness (QED) is 0.871. The van der Waals surface area contributed by atoms with Gasteiger partial charge in [0.15, 0.2) is 11.0 Å². The molecule has 2 N–H and O–H groups in total. The summed E-state index contributed by atoms with van der Waals surface area (Å²) < 4.78 is 0. The molecule has 1 saturated carbocycles. The highest BCUT2D eigenvalue weighted by Crippen LogP contribution is 2.33. The van der Waals surface area contributed by atoms with Gasteiger partial charge in [0.2, 0.25) is 0 Å². The summed E-state index contributed by atoms with van der Waals surface area (Å²) in [5.41, 5.74) is 1.44. The summed E-state index contributed by atoms with van der Waals surface area (Å²) >= 11 is 6.08. The maximum absolute atomic E-state index is 9.54. The molecule has 0 atom stereocenters. The molecule has 17 heavy (non-hydrogen) atoms. The highest BCUT2D eigenvalue weighted by molar-refractivity contribution is 6.31. The van der Waals surface area contributed by atoms with E-state index in [-0.39, 0.29) is 12.1 Å². The molecule has 0 bridgehead atoms. The third-order valence-corrected chi connectivity index (χ3v) is 3.77. The maximum Gasteiger partial charge on any atom is 0.171 e. The van der Waals surface area contributed by atoms with Crippen molar-refractivity contribution in [2.75, 3.05) is 11.9 Å². The van der Waals surface area contributed by atoms with Crippen LogP contribution in [0.3, 0.4) is 0 Å². The molecule has 1 aliphatic rings. The smallest absolute Gasteiger partial charge is 0.171 e. The highest BCUT2D eigenvalue weighted by atomic mass is 35.5. The Hall–Kier alpha value is -0.870. The van der Waals surface area contributed by atoms with Crippen LogP contribution < -0.4 is 5.32 Å². The number of hydrogen-bond acceptors (Lipinski definition) is 4. The van der Waals surface area contributed by atoms with Crippen molar-refractivity contribution in [1.82, 2.24) is 9.97 Å². The average Bonchev–Trinajstić information content (AvgIpc) is 2.75.